The summed E-state index contributed by atoms with van der Waals surface area (Å²) in [4.78, 5) is 34.1. The molecule has 2 amide bonds. The quantitative estimate of drug-likeness (QED) is 0.782. The van der Waals surface area contributed by atoms with Crippen molar-refractivity contribution < 1.29 is 14.3 Å². The summed E-state index contributed by atoms with van der Waals surface area (Å²) in [6, 6.07) is 8.02. The zero-order chi connectivity index (χ0) is 21.3. The van der Waals surface area contributed by atoms with Crippen LogP contribution in [0.15, 0.2) is 36.7 Å². The Hall–Kier alpha value is -2.87. The zero-order valence-corrected chi connectivity index (χ0v) is 17.8. The highest BCUT2D eigenvalue weighted by Gasteiger charge is 2.51. The molecule has 1 spiro atoms. The van der Waals surface area contributed by atoms with Crippen LogP contribution in [0.3, 0.4) is 0 Å². The molecule has 0 bridgehead atoms. The van der Waals surface area contributed by atoms with E-state index < -0.39 is 5.54 Å². The molecule has 30 heavy (non-hydrogen) atoms. The van der Waals surface area contributed by atoms with Crippen LogP contribution in [-0.2, 0) is 19.9 Å². The van der Waals surface area contributed by atoms with Crippen LogP contribution in [0.25, 0.3) is 5.82 Å². The lowest BCUT2D eigenvalue weighted by Crippen LogP contribution is -2.56. The monoisotopic (exact) mass is 411 g/mol. The highest BCUT2D eigenvalue weighted by atomic mass is 16.5. The van der Waals surface area contributed by atoms with E-state index in [2.05, 4.69) is 25.8 Å². The first-order chi connectivity index (χ1) is 14.5. The summed E-state index contributed by atoms with van der Waals surface area (Å²) >= 11 is 0. The molecule has 1 saturated heterocycles. The summed E-state index contributed by atoms with van der Waals surface area (Å²) in [6.45, 7) is 7.71. The molecule has 2 aromatic heterocycles. The van der Waals surface area contributed by atoms with Crippen molar-refractivity contribution in [2.75, 3.05) is 37.7 Å². The first-order valence-corrected chi connectivity index (χ1v) is 10.5. The van der Waals surface area contributed by atoms with Gasteiger partial charge in [0.1, 0.15) is 12.1 Å². The van der Waals surface area contributed by atoms with Gasteiger partial charge in [0.05, 0.1) is 17.9 Å². The number of likely N-dealkylation sites (tertiary alicyclic amines) is 1. The van der Waals surface area contributed by atoms with Gasteiger partial charge in [0.15, 0.2) is 5.82 Å². The molecule has 0 aromatic carbocycles. The molecule has 1 fully saturated rings. The molecule has 0 aliphatic carbocycles. The minimum absolute atomic E-state index is 0.0182. The van der Waals surface area contributed by atoms with Crippen molar-refractivity contribution in [1.82, 2.24) is 19.8 Å². The van der Waals surface area contributed by atoms with Crippen LogP contribution >= 0.6 is 0 Å². The number of fused-ring (bicyclic) bond motifs is 4. The fraction of sp³-hybridized carbons (Fsp3) is 0.500. The van der Waals surface area contributed by atoms with Crippen molar-refractivity contribution in [2.45, 2.75) is 38.8 Å². The smallest absolute Gasteiger partial charge is 0.248 e. The summed E-state index contributed by atoms with van der Waals surface area (Å²) < 4.78 is 7.43. The largest absolute Gasteiger partial charge is 0.372 e. The van der Waals surface area contributed by atoms with Crippen molar-refractivity contribution in [3.05, 3.63) is 42.4 Å². The van der Waals surface area contributed by atoms with Crippen molar-refractivity contribution in [2.24, 2.45) is 0 Å². The lowest BCUT2D eigenvalue weighted by Gasteiger charge is -2.46. The Labute approximate surface area is 176 Å². The Morgan fingerprint density at radius 1 is 1.30 bits per heavy atom. The molecule has 0 unspecified atom stereocenters. The Balaban J connectivity index is 1.73. The van der Waals surface area contributed by atoms with Crippen molar-refractivity contribution >= 4 is 17.5 Å². The molecule has 2 aliphatic rings. The fourth-order valence-electron chi connectivity index (χ4n) is 4.56. The van der Waals surface area contributed by atoms with E-state index in [1.165, 1.54) is 0 Å². The normalized spacial score (nSPS) is 19.9. The minimum atomic E-state index is -0.490. The van der Waals surface area contributed by atoms with E-state index in [0.29, 0.717) is 19.7 Å². The second-order valence-corrected chi connectivity index (χ2v) is 8.15. The number of aromatic nitrogens is 2. The van der Waals surface area contributed by atoms with Gasteiger partial charge >= 0.3 is 0 Å². The van der Waals surface area contributed by atoms with Crippen molar-refractivity contribution in [3.8, 4) is 5.82 Å². The van der Waals surface area contributed by atoms with E-state index in [1.54, 1.807) is 6.20 Å². The number of nitrogens with zero attached hydrogens (tertiary/aromatic N) is 4. The molecule has 4 heterocycles. The molecule has 2 aliphatic heterocycles. The van der Waals surface area contributed by atoms with Crippen LogP contribution in [0, 0.1) is 0 Å². The number of nitrogens with one attached hydrogen (secondary N) is 1. The summed E-state index contributed by atoms with van der Waals surface area (Å²) in [5.74, 6) is 0.744. The number of carbonyl (C=O) groups excluding carboxylic acids is 2. The van der Waals surface area contributed by atoms with E-state index >= 15 is 0 Å². The third kappa shape index (κ3) is 3.45. The van der Waals surface area contributed by atoms with Crippen molar-refractivity contribution in [3.63, 3.8) is 0 Å². The number of ether oxygens (including phenoxy) is 1. The Morgan fingerprint density at radius 2 is 2.13 bits per heavy atom. The van der Waals surface area contributed by atoms with Gasteiger partial charge in [0, 0.05) is 38.1 Å². The second-order valence-electron chi connectivity index (χ2n) is 8.15. The van der Waals surface area contributed by atoms with Crippen LogP contribution in [0.2, 0.25) is 0 Å². The Kier molecular flexibility index (Phi) is 5.51. The summed E-state index contributed by atoms with van der Waals surface area (Å²) in [7, 11) is 0. The summed E-state index contributed by atoms with van der Waals surface area (Å²) in [5.41, 5.74) is 1.47. The van der Waals surface area contributed by atoms with E-state index in [4.69, 9.17) is 4.74 Å². The van der Waals surface area contributed by atoms with Gasteiger partial charge < -0.3 is 24.4 Å². The van der Waals surface area contributed by atoms with E-state index in [-0.39, 0.29) is 31.0 Å². The number of carbonyl (C=O) groups is 2. The SMILES string of the molecule is CCOCC(=O)N1CC[C@@]2(C1)c1cccn1-c1ncccc1N2CC(=O)NC(C)C. The van der Waals surface area contributed by atoms with E-state index in [9.17, 15) is 9.59 Å². The summed E-state index contributed by atoms with van der Waals surface area (Å²) in [5, 5.41) is 3.00. The van der Waals surface area contributed by atoms with Gasteiger partial charge in [0.25, 0.3) is 0 Å². The lowest BCUT2D eigenvalue weighted by atomic mass is 9.88. The van der Waals surface area contributed by atoms with Crippen LogP contribution in [0.1, 0.15) is 32.9 Å². The lowest BCUT2D eigenvalue weighted by molar-refractivity contribution is -0.135. The van der Waals surface area contributed by atoms with Gasteiger partial charge in [-0.25, -0.2) is 4.98 Å². The average molecular weight is 412 g/mol. The first-order valence-electron chi connectivity index (χ1n) is 10.5. The summed E-state index contributed by atoms with van der Waals surface area (Å²) in [6.07, 6.45) is 4.50. The molecular weight excluding hydrogens is 382 g/mol. The highest BCUT2D eigenvalue weighted by molar-refractivity contribution is 5.84. The maximum Gasteiger partial charge on any atom is 0.248 e. The number of rotatable bonds is 6. The molecule has 0 saturated carbocycles. The first kappa shape index (κ1) is 20.4. The third-order valence-electron chi connectivity index (χ3n) is 5.81. The van der Waals surface area contributed by atoms with Gasteiger partial charge in [-0.3, -0.25) is 9.59 Å². The maximum absolute atomic E-state index is 12.8. The van der Waals surface area contributed by atoms with E-state index in [0.717, 1.165) is 23.6 Å². The van der Waals surface area contributed by atoms with Crippen LogP contribution < -0.4 is 10.2 Å². The van der Waals surface area contributed by atoms with Gasteiger partial charge in [0.2, 0.25) is 11.8 Å². The molecular formula is C22H29N5O3. The zero-order valence-electron chi connectivity index (χ0n) is 17.8. The van der Waals surface area contributed by atoms with Crippen molar-refractivity contribution in [1.29, 1.82) is 0 Å². The van der Waals surface area contributed by atoms with Gasteiger partial charge in [-0.1, -0.05) is 0 Å². The van der Waals surface area contributed by atoms with Gasteiger partial charge in [-0.2, -0.15) is 0 Å². The maximum atomic E-state index is 12.8. The average Bonchev–Trinajstić information content (AvgIpc) is 3.37. The fourth-order valence-corrected chi connectivity index (χ4v) is 4.56. The molecule has 8 nitrogen and oxygen atoms in total. The van der Waals surface area contributed by atoms with Crippen LogP contribution in [-0.4, -0.2) is 65.2 Å². The topological polar surface area (TPSA) is 79.7 Å². The molecule has 8 heteroatoms. The number of hydrogen-bond donors (Lipinski definition) is 1. The predicted molar refractivity (Wildman–Crippen MR) is 114 cm³/mol. The number of amides is 2. The molecule has 2 aromatic rings. The number of pyridine rings is 1. The molecule has 1 N–H and O–H groups in total. The Morgan fingerprint density at radius 3 is 2.90 bits per heavy atom. The minimum Gasteiger partial charge on any atom is -0.372 e. The predicted octanol–water partition coefficient (Wildman–Crippen LogP) is 1.68. The van der Waals surface area contributed by atoms with E-state index in [1.807, 2.05) is 50.1 Å². The van der Waals surface area contributed by atoms with Crippen LogP contribution in [0.5, 0.6) is 0 Å². The number of anilines is 1. The Bertz CT molecular complexity index is 940. The second kappa shape index (κ2) is 8.10. The highest BCUT2D eigenvalue weighted by Crippen LogP contribution is 2.46. The molecule has 0 radical (unpaired) electrons. The molecule has 4 rings (SSSR count). The third-order valence-corrected chi connectivity index (χ3v) is 5.81. The molecule has 160 valence electrons. The van der Waals surface area contributed by atoms with Gasteiger partial charge in [-0.05, 0) is 51.5 Å². The van der Waals surface area contributed by atoms with Gasteiger partial charge in [-0.15, -0.1) is 0 Å². The molecule has 1 atom stereocenters. The standard InChI is InChI=1S/C22H29N5O3/c1-4-30-14-20(29)25-12-9-22(15-25)18-8-6-11-26(18)21-17(7-5-10-23-21)27(22)13-19(28)24-16(2)3/h5-8,10-11,16H,4,9,12-15H2,1-3H3,(H,24,28)/t22-/m1/s1. The number of hydrogen-bond acceptors (Lipinski definition) is 5. The van der Waals surface area contributed by atoms with Crippen LogP contribution in [0.4, 0.5) is 5.69 Å².